The number of allylic oxidation sites excluding steroid dienone is 3. The van der Waals surface area contributed by atoms with Gasteiger partial charge in [0.1, 0.15) is 36.3 Å². The molecule has 0 radical (unpaired) electrons. The van der Waals surface area contributed by atoms with Crippen LogP contribution in [0, 0.1) is 11.8 Å². The summed E-state index contributed by atoms with van der Waals surface area (Å²) < 4.78 is 0. The zero-order chi connectivity index (χ0) is 52.9. The number of H-pyrrole nitrogens is 1. The first-order chi connectivity index (χ1) is 34.9. The smallest absolute Gasteiger partial charge is 0.246 e. The van der Waals surface area contributed by atoms with Crippen LogP contribution < -0.4 is 60.5 Å². The molecule has 3 aliphatic rings. The highest BCUT2D eigenvalue weighted by Crippen LogP contribution is 2.32. The van der Waals surface area contributed by atoms with Crippen molar-refractivity contribution < 1.29 is 48.3 Å². The molecule has 1 aromatic heterocycles. The number of benzene rings is 2. The van der Waals surface area contributed by atoms with Crippen molar-refractivity contribution in [2.45, 2.75) is 101 Å². The predicted molar refractivity (Wildman–Crippen MR) is 265 cm³/mol. The average molecular weight is 1010 g/mol. The number of hydrazine groups is 2. The van der Waals surface area contributed by atoms with Crippen LogP contribution in [0.4, 0.5) is 0 Å². The minimum absolute atomic E-state index is 0.0225. The topological polar surface area (TPSA) is 384 Å². The molecular formula is C49H64N14O10. The van der Waals surface area contributed by atoms with Gasteiger partial charge in [-0.05, 0) is 42.0 Å². The number of para-hydroxylation sites is 1. The molecule has 3 heterocycles. The SMILES string of the molecule is CC[C@H](C)[C@H](NC(=O)[C@H](CC(N)=O)NC(=O)[C@H](CC(N)=O)NC(=O)[C@@H](N)Cc1ccccc1)C(=O)N1CC(C2=CN(C3=CC=CC3)NN2)C[C@H]1C(=O)N[C@@H](Cc1c[nH]c2ccccc12)C(=O)N[C@@H](CO)C(N)=O. The summed E-state index contributed by atoms with van der Waals surface area (Å²) in [6, 6.07) is 6.00. The monoisotopic (exact) mass is 1010 g/mol. The molecule has 24 heteroatoms. The van der Waals surface area contributed by atoms with Gasteiger partial charge in [-0.1, -0.05) is 81.0 Å². The molecule has 0 saturated carbocycles. The summed E-state index contributed by atoms with van der Waals surface area (Å²) in [5, 5.41) is 25.0. The molecule has 6 rings (SSSR count). The Hall–Kier alpha value is -8.09. The van der Waals surface area contributed by atoms with Crippen molar-refractivity contribution in [1.29, 1.82) is 0 Å². The second kappa shape index (κ2) is 24.8. The fraction of sp³-hybridized carbons (Fsp3) is 0.408. The summed E-state index contributed by atoms with van der Waals surface area (Å²) in [5.41, 5.74) is 32.4. The van der Waals surface area contributed by atoms with Crippen LogP contribution in [0.25, 0.3) is 10.9 Å². The molecule has 2 aliphatic heterocycles. The molecule has 17 N–H and O–H groups in total. The number of likely N-dealkylation sites (tertiary alicyclic amines) is 1. The van der Waals surface area contributed by atoms with E-state index in [2.05, 4.69) is 42.5 Å². The van der Waals surface area contributed by atoms with Gasteiger partial charge in [0.25, 0.3) is 0 Å². The Bertz CT molecular complexity index is 2650. The number of nitrogens with two attached hydrogens (primary N) is 4. The Labute approximate surface area is 420 Å². The molecular weight excluding hydrogens is 945 g/mol. The maximum absolute atomic E-state index is 15.1. The number of carbonyl (C=O) groups excluding carboxylic acids is 9. The summed E-state index contributed by atoms with van der Waals surface area (Å²) in [7, 11) is 0. The van der Waals surface area contributed by atoms with E-state index in [1.54, 1.807) is 67.7 Å². The standard InChI is InChI=1S/C49H64N14O10/c1-3-26(2)42(59-47(71)36(21-41(52)66)56-46(70)35(20-40(51)65)55-44(68)32(50)17-27-11-5-4-6-12-27)49(73)62-23-29(37-24-63(61-60-37)30-13-7-8-14-30)19-39(62)48(72)57-34(45(69)58-38(25-64)43(53)67)18-28-22-54-33-16-10-9-15-31(28)33/h4-13,15-16,22,24,26,29,32,34-36,38-39,42,54,60-61,64H,3,14,17-21,23,25,50H2,1-2H3,(H2,51,65)(H2,52,66)(H2,53,67)(H,55,68)(H,56,70)(H,57,72)(H,58,69)(H,59,71)/t26-,29?,32-,34-,35-,36-,38-,39-,42-/m0/s1. The van der Waals surface area contributed by atoms with Crippen molar-refractivity contribution in [1.82, 2.24) is 52.4 Å². The largest absolute Gasteiger partial charge is 0.394 e. The zero-order valence-electron chi connectivity index (χ0n) is 40.5. The number of rotatable bonds is 25. The maximum Gasteiger partial charge on any atom is 0.246 e. The van der Waals surface area contributed by atoms with E-state index in [1.807, 2.05) is 36.4 Å². The van der Waals surface area contributed by atoms with E-state index in [4.69, 9.17) is 22.9 Å². The highest BCUT2D eigenvalue weighted by atomic mass is 16.3. The number of primary amides is 3. The Morgan fingerprint density at radius 3 is 2.04 bits per heavy atom. The van der Waals surface area contributed by atoms with Crippen LogP contribution in [-0.4, -0.2) is 129 Å². The number of aromatic amines is 1. The Kier molecular flexibility index (Phi) is 18.5. The number of fused-ring (bicyclic) bond motifs is 1. The molecule has 1 fully saturated rings. The molecule has 2 aromatic carbocycles. The van der Waals surface area contributed by atoms with E-state index < -0.39 is 127 Å². The normalized spacial score (nSPS) is 19.0. The van der Waals surface area contributed by atoms with Gasteiger partial charge in [0.15, 0.2) is 0 Å². The lowest BCUT2D eigenvalue weighted by molar-refractivity contribution is -0.144. The molecule has 0 bridgehead atoms. The van der Waals surface area contributed by atoms with E-state index in [1.165, 1.54) is 4.90 Å². The third-order valence-electron chi connectivity index (χ3n) is 13.0. The predicted octanol–water partition coefficient (Wildman–Crippen LogP) is -2.79. The van der Waals surface area contributed by atoms with Crippen molar-refractivity contribution >= 4 is 64.1 Å². The van der Waals surface area contributed by atoms with E-state index in [9.17, 15) is 43.5 Å². The number of amides is 9. The number of aliphatic hydroxyl groups excluding tert-OH is 1. The Morgan fingerprint density at radius 1 is 0.781 bits per heavy atom. The lowest BCUT2D eigenvalue weighted by Gasteiger charge is -2.33. The van der Waals surface area contributed by atoms with Crippen molar-refractivity contribution in [2.24, 2.45) is 34.8 Å². The number of nitrogens with zero attached hydrogens (tertiary/aromatic N) is 2. The van der Waals surface area contributed by atoms with E-state index in [0.29, 0.717) is 24.1 Å². The summed E-state index contributed by atoms with van der Waals surface area (Å²) in [5.74, 6) is -9.43. The molecule has 9 amide bonds. The van der Waals surface area contributed by atoms with Gasteiger partial charge in [-0.15, -0.1) is 5.53 Å². The highest BCUT2D eigenvalue weighted by Gasteiger charge is 2.46. The minimum Gasteiger partial charge on any atom is -0.394 e. The Balaban J connectivity index is 1.27. The van der Waals surface area contributed by atoms with Crippen molar-refractivity contribution in [3.05, 3.63) is 108 Å². The first kappa shape index (κ1) is 54.2. The van der Waals surface area contributed by atoms with E-state index in [-0.39, 0.29) is 25.8 Å². The second-order valence-electron chi connectivity index (χ2n) is 18.3. The quantitative estimate of drug-likeness (QED) is 0.0408. The summed E-state index contributed by atoms with van der Waals surface area (Å²) in [6.07, 6.45) is 8.73. The summed E-state index contributed by atoms with van der Waals surface area (Å²) in [4.78, 5) is 126. The zero-order valence-corrected chi connectivity index (χ0v) is 40.5. The average Bonchev–Trinajstić information content (AvgIpc) is 4.21. The molecule has 73 heavy (non-hydrogen) atoms. The van der Waals surface area contributed by atoms with Gasteiger partial charge in [-0.25, -0.2) is 0 Å². The fourth-order valence-corrected chi connectivity index (χ4v) is 8.78. The second-order valence-corrected chi connectivity index (χ2v) is 18.3. The third kappa shape index (κ3) is 14.1. The first-order valence-corrected chi connectivity index (χ1v) is 23.9. The summed E-state index contributed by atoms with van der Waals surface area (Å²) >= 11 is 0. The van der Waals surface area contributed by atoms with Gasteiger partial charge in [0.2, 0.25) is 53.2 Å². The molecule has 1 unspecified atom stereocenters. The van der Waals surface area contributed by atoms with Crippen LogP contribution in [0.2, 0.25) is 0 Å². The number of hydrogen-bond donors (Lipinski definition) is 13. The van der Waals surface area contributed by atoms with Crippen LogP contribution in [0.1, 0.15) is 57.1 Å². The number of aliphatic hydroxyl groups is 1. The van der Waals surface area contributed by atoms with Crippen LogP contribution in [0.3, 0.4) is 0 Å². The molecule has 390 valence electrons. The maximum atomic E-state index is 15.1. The van der Waals surface area contributed by atoms with Crippen LogP contribution in [-0.2, 0) is 56.0 Å². The number of aromatic nitrogens is 1. The van der Waals surface area contributed by atoms with Gasteiger partial charge in [0, 0.05) is 54.3 Å². The molecule has 3 aromatic rings. The van der Waals surface area contributed by atoms with Crippen LogP contribution in [0.5, 0.6) is 0 Å². The van der Waals surface area contributed by atoms with Crippen LogP contribution >= 0.6 is 0 Å². The van der Waals surface area contributed by atoms with Gasteiger partial charge < -0.3 is 69.9 Å². The first-order valence-electron chi connectivity index (χ1n) is 23.9. The van der Waals surface area contributed by atoms with E-state index >= 15 is 4.79 Å². The molecule has 0 spiro atoms. The number of carbonyl (C=O) groups is 9. The van der Waals surface area contributed by atoms with E-state index in [0.717, 1.165) is 22.2 Å². The van der Waals surface area contributed by atoms with Crippen molar-refractivity contribution in [3.8, 4) is 0 Å². The molecule has 9 atom stereocenters. The lowest BCUT2D eigenvalue weighted by Crippen LogP contribution is -2.61. The molecule has 1 saturated heterocycles. The molecule has 1 aliphatic carbocycles. The van der Waals surface area contributed by atoms with Gasteiger partial charge in [-0.2, -0.15) is 0 Å². The van der Waals surface area contributed by atoms with Crippen molar-refractivity contribution in [2.75, 3.05) is 13.2 Å². The van der Waals surface area contributed by atoms with Gasteiger partial charge in [-0.3, -0.25) is 48.2 Å². The van der Waals surface area contributed by atoms with Crippen LogP contribution in [0.15, 0.2) is 96.6 Å². The highest BCUT2D eigenvalue weighted by molar-refractivity contribution is 6.00. The number of hydrogen-bond acceptors (Lipinski definition) is 14. The van der Waals surface area contributed by atoms with Crippen molar-refractivity contribution in [3.63, 3.8) is 0 Å². The van der Waals surface area contributed by atoms with Gasteiger partial charge in [0.05, 0.1) is 31.2 Å². The number of nitrogens with one attached hydrogen (secondary N) is 8. The minimum atomic E-state index is -1.74. The lowest BCUT2D eigenvalue weighted by atomic mass is 9.96. The fourth-order valence-electron chi connectivity index (χ4n) is 8.78. The Morgan fingerprint density at radius 2 is 1.41 bits per heavy atom. The third-order valence-corrected chi connectivity index (χ3v) is 13.0. The van der Waals surface area contributed by atoms with Gasteiger partial charge >= 0.3 is 0 Å². The summed E-state index contributed by atoms with van der Waals surface area (Å²) in [6.45, 7) is 2.55. The molecule has 24 nitrogen and oxygen atoms in total.